The number of rotatable bonds is 12. The molecule has 0 radical (unpaired) electrons. The molecule has 7 nitrogen and oxygen atoms in total. The zero-order valence-electron chi connectivity index (χ0n) is 21.4. The summed E-state index contributed by atoms with van der Waals surface area (Å²) < 4.78 is 11.4. The molecule has 7 heteroatoms. The Labute approximate surface area is 222 Å². The van der Waals surface area contributed by atoms with E-state index in [2.05, 4.69) is 10.1 Å². The molecule has 0 amide bonds. The Bertz CT molecular complexity index is 1340. The Balaban J connectivity index is 1.21. The van der Waals surface area contributed by atoms with Gasteiger partial charge in [-0.1, -0.05) is 65.3 Å². The summed E-state index contributed by atoms with van der Waals surface area (Å²) in [6, 6.07) is 28.4. The van der Waals surface area contributed by atoms with Crippen LogP contribution in [0.5, 0.6) is 11.5 Å². The van der Waals surface area contributed by atoms with E-state index in [4.69, 9.17) is 14.3 Å². The summed E-state index contributed by atoms with van der Waals surface area (Å²) in [5.41, 5.74) is 5.61. The molecule has 194 valence electrons. The van der Waals surface area contributed by atoms with E-state index in [0.29, 0.717) is 18.1 Å². The van der Waals surface area contributed by atoms with Gasteiger partial charge in [-0.2, -0.15) is 0 Å². The average Bonchev–Trinajstić information content (AvgIpc) is 2.95. The number of aromatic nitrogens is 1. The predicted molar refractivity (Wildman–Crippen MR) is 147 cm³/mol. The third kappa shape index (κ3) is 7.67. The monoisotopic (exact) mass is 510 g/mol. The van der Waals surface area contributed by atoms with Gasteiger partial charge >= 0.3 is 5.97 Å². The second-order valence-corrected chi connectivity index (χ2v) is 8.76. The molecule has 0 saturated carbocycles. The molecule has 4 rings (SSSR count). The third-order valence-corrected chi connectivity index (χ3v) is 5.83. The lowest BCUT2D eigenvalue weighted by molar-refractivity contribution is -0.145. The van der Waals surface area contributed by atoms with Crippen molar-refractivity contribution in [2.24, 2.45) is 5.16 Å². The molecule has 1 aromatic heterocycles. The molecule has 0 aliphatic heterocycles. The minimum atomic E-state index is -1.01. The van der Waals surface area contributed by atoms with Crippen LogP contribution in [0.15, 0.2) is 102 Å². The van der Waals surface area contributed by atoms with Crippen molar-refractivity contribution >= 4 is 11.7 Å². The maximum Gasteiger partial charge on any atom is 0.345 e. The van der Waals surface area contributed by atoms with Crippen molar-refractivity contribution in [1.29, 1.82) is 0 Å². The van der Waals surface area contributed by atoms with Crippen molar-refractivity contribution in [2.75, 3.05) is 13.2 Å². The van der Waals surface area contributed by atoms with Crippen LogP contribution in [0.2, 0.25) is 0 Å². The first-order valence-corrected chi connectivity index (χ1v) is 12.3. The van der Waals surface area contributed by atoms with Crippen LogP contribution >= 0.6 is 0 Å². The van der Waals surface area contributed by atoms with E-state index < -0.39 is 12.1 Å². The predicted octanol–water partition coefficient (Wildman–Crippen LogP) is 5.95. The first-order valence-electron chi connectivity index (χ1n) is 12.3. The Kier molecular flexibility index (Phi) is 9.07. The normalized spacial score (nSPS) is 12.0. The van der Waals surface area contributed by atoms with Crippen LogP contribution in [0, 0.1) is 6.92 Å². The van der Waals surface area contributed by atoms with Crippen LogP contribution < -0.4 is 9.47 Å². The number of aryl methyl sites for hydroxylation is 1. The fraction of sp³-hybridized carbons (Fsp3) is 0.194. The van der Waals surface area contributed by atoms with E-state index in [1.807, 2.05) is 80.6 Å². The van der Waals surface area contributed by atoms with Crippen LogP contribution in [0.4, 0.5) is 0 Å². The summed E-state index contributed by atoms with van der Waals surface area (Å²) in [4.78, 5) is 21.5. The van der Waals surface area contributed by atoms with Gasteiger partial charge in [0, 0.05) is 18.2 Å². The van der Waals surface area contributed by atoms with E-state index in [1.54, 1.807) is 30.5 Å². The topological polar surface area (TPSA) is 90.2 Å². The second kappa shape index (κ2) is 13.1. The SMILES string of the molecule is C/C(=N\OCCOc1ccc(CC(Oc2ccc(C)cc2)C(=O)O)cc1)c1ccc(-c2ccccn2)cc1. The van der Waals surface area contributed by atoms with Crippen molar-refractivity contribution in [2.45, 2.75) is 26.4 Å². The number of oxime groups is 1. The molecule has 3 aromatic carbocycles. The number of hydrogen-bond acceptors (Lipinski definition) is 6. The number of pyridine rings is 1. The molecule has 1 unspecified atom stereocenters. The van der Waals surface area contributed by atoms with Crippen molar-refractivity contribution in [3.05, 3.63) is 114 Å². The van der Waals surface area contributed by atoms with E-state index in [-0.39, 0.29) is 13.0 Å². The standard InChI is InChI=1S/C31H30N2O5/c1-22-6-14-28(15-7-22)38-30(31(34)35)21-24-8-16-27(17-9-24)36-19-20-37-33-23(2)25-10-12-26(13-11-25)29-5-3-4-18-32-29/h3-18,30H,19-21H2,1-2H3,(H,34,35)/b33-23+. The molecule has 38 heavy (non-hydrogen) atoms. The average molecular weight is 511 g/mol. The summed E-state index contributed by atoms with van der Waals surface area (Å²) in [6.45, 7) is 4.47. The van der Waals surface area contributed by atoms with Crippen molar-refractivity contribution < 1.29 is 24.2 Å². The third-order valence-electron chi connectivity index (χ3n) is 5.83. The van der Waals surface area contributed by atoms with Crippen LogP contribution in [0.3, 0.4) is 0 Å². The molecule has 0 aliphatic carbocycles. The highest BCUT2D eigenvalue weighted by Crippen LogP contribution is 2.19. The number of nitrogens with zero attached hydrogens (tertiary/aromatic N) is 2. The van der Waals surface area contributed by atoms with Gasteiger partial charge in [-0.05, 0) is 61.4 Å². The lowest BCUT2D eigenvalue weighted by Crippen LogP contribution is -2.29. The van der Waals surface area contributed by atoms with Gasteiger partial charge in [0.25, 0.3) is 0 Å². The Morgan fingerprint density at radius 1 is 0.895 bits per heavy atom. The maximum atomic E-state index is 11.7. The number of aliphatic carboxylic acids is 1. The number of ether oxygens (including phenoxy) is 2. The van der Waals surface area contributed by atoms with Gasteiger partial charge in [0.2, 0.25) is 0 Å². The van der Waals surface area contributed by atoms with Crippen molar-refractivity contribution in [3.63, 3.8) is 0 Å². The van der Waals surface area contributed by atoms with Gasteiger partial charge in [0.15, 0.2) is 12.7 Å². The van der Waals surface area contributed by atoms with Gasteiger partial charge < -0.3 is 19.4 Å². The Morgan fingerprint density at radius 3 is 2.26 bits per heavy atom. The fourth-order valence-electron chi connectivity index (χ4n) is 3.70. The van der Waals surface area contributed by atoms with E-state index in [0.717, 1.165) is 33.7 Å². The Morgan fingerprint density at radius 2 is 1.61 bits per heavy atom. The van der Waals surface area contributed by atoms with Gasteiger partial charge in [-0.15, -0.1) is 0 Å². The number of benzene rings is 3. The zero-order chi connectivity index (χ0) is 26.7. The summed E-state index contributed by atoms with van der Waals surface area (Å²) in [5, 5.41) is 13.7. The Hall–Kier alpha value is -4.65. The van der Waals surface area contributed by atoms with Crippen LogP contribution in [0.25, 0.3) is 11.3 Å². The largest absolute Gasteiger partial charge is 0.490 e. The molecule has 0 saturated heterocycles. The molecule has 0 aliphatic rings. The minimum absolute atomic E-state index is 0.240. The van der Waals surface area contributed by atoms with Crippen LogP contribution in [-0.2, 0) is 16.1 Å². The number of carbonyl (C=O) groups is 1. The molecule has 4 aromatic rings. The number of hydrogen-bond donors (Lipinski definition) is 1. The molecule has 1 N–H and O–H groups in total. The number of carboxylic acid groups (broad SMARTS) is 1. The van der Waals surface area contributed by atoms with Gasteiger partial charge in [-0.25, -0.2) is 4.79 Å². The molecular formula is C31H30N2O5. The highest BCUT2D eigenvalue weighted by Gasteiger charge is 2.20. The summed E-state index contributed by atoms with van der Waals surface area (Å²) in [5.74, 6) is 0.180. The van der Waals surface area contributed by atoms with E-state index in [9.17, 15) is 9.90 Å². The zero-order valence-corrected chi connectivity index (χ0v) is 21.4. The van der Waals surface area contributed by atoms with Crippen molar-refractivity contribution in [1.82, 2.24) is 4.98 Å². The molecule has 1 heterocycles. The molecule has 0 bridgehead atoms. The fourth-order valence-corrected chi connectivity index (χ4v) is 3.70. The van der Waals surface area contributed by atoms with Gasteiger partial charge in [0.05, 0.1) is 11.4 Å². The van der Waals surface area contributed by atoms with Gasteiger partial charge in [-0.3, -0.25) is 4.98 Å². The van der Waals surface area contributed by atoms with E-state index >= 15 is 0 Å². The summed E-state index contributed by atoms with van der Waals surface area (Å²) >= 11 is 0. The summed E-state index contributed by atoms with van der Waals surface area (Å²) in [7, 11) is 0. The molecule has 0 fully saturated rings. The number of carboxylic acids is 1. The quantitative estimate of drug-likeness (QED) is 0.144. The first kappa shape index (κ1) is 26.4. The van der Waals surface area contributed by atoms with Crippen LogP contribution in [0.1, 0.15) is 23.6 Å². The van der Waals surface area contributed by atoms with E-state index in [1.165, 1.54) is 0 Å². The highest BCUT2D eigenvalue weighted by atomic mass is 16.6. The van der Waals surface area contributed by atoms with Gasteiger partial charge in [0.1, 0.15) is 18.1 Å². The lowest BCUT2D eigenvalue weighted by Gasteiger charge is -2.15. The molecule has 0 spiro atoms. The summed E-state index contributed by atoms with van der Waals surface area (Å²) in [6.07, 6.45) is 1.03. The second-order valence-electron chi connectivity index (χ2n) is 8.76. The maximum absolute atomic E-state index is 11.7. The van der Waals surface area contributed by atoms with Crippen LogP contribution in [-0.4, -0.2) is 41.1 Å². The smallest absolute Gasteiger partial charge is 0.345 e. The minimum Gasteiger partial charge on any atom is -0.490 e. The molecule has 1 atom stereocenters. The highest BCUT2D eigenvalue weighted by molar-refractivity contribution is 5.98. The lowest BCUT2D eigenvalue weighted by atomic mass is 10.1. The van der Waals surface area contributed by atoms with Crippen molar-refractivity contribution in [3.8, 4) is 22.8 Å². The molecular weight excluding hydrogens is 480 g/mol. The first-order chi connectivity index (χ1) is 18.5.